The Labute approximate surface area is 105 Å². The van der Waals surface area contributed by atoms with Gasteiger partial charge >= 0.3 is 0 Å². The van der Waals surface area contributed by atoms with Gasteiger partial charge in [0.15, 0.2) is 0 Å². The third-order valence-corrected chi connectivity index (χ3v) is 4.36. The van der Waals surface area contributed by atoms with Gasteiger partial charge in [-0.15, -0.1) is 0 Å². The Morgan fingerprint density at radius 3 is 1.81 bits per heavy atom. The van der Waals surface area contributed by atoms with Crippen molar-refractivity contribution in [2.75, 3.05) is 6.54 Å². The monoisotopic (exact) mass is 245 g/mol. The highest BCUT2D eigenvalue weighted by molar-refractivity contribution is 5.98. The van der Waals surface area contributed by atoms with Crippen molar-refractivity contribution in [1.82, 2.24) is 0 Å². The third-order valence-electron chi connectivity index (χ3n) is 3.49. The summed E-state index contributed by atoms with van der Waals surface area (Å²) in [6.45, 7) is 5.34. The van der Waals surface area contributed by atoms with Gasteiger partial charge in [-0.25, -0.2) is 0 Å². The zero-order valence-corrected chi connectivity index (χ0v) is 13.6. The van der Waals surface area contributed by atoms with Crippen LogP contribution in [0.5, 0.6) is 0 Å². The number of hydrogen-bond acceptors (Lipinski definition) is 2. The molecule has 0 aliphatic rings. The Bertz CT molecular complexity index is 145. The maximum Gasteiger partial charge on any atom is 0.146 e. The Morgan fingerprint density at radius 1 is 0.938 bits per heavy atom. The van der Waals surface area contributed by atoms with Crippen LogP contribution in [0.15, 0.2) is 0 Å². The van der Waals surface area contributed by atoms with Crippen LogP contribution in [0.4, 0.5) is 0 Å². The summed E-state index contributed by atoms with van der Waals surface area (Å²) in [6.07, 6.45) is 11.2. The van der Waals surface area contributed by atoms with Crippen molar-refractivity contribution in [1.29, 1.82) is 0 Å². The molecule has 0 rings (SSSR count). The molecule has 3 heteroatoms. The van der Waals surface area contributed by atoms with Gasteiger partial charge in [-0.05, 0) is 38.6 Å². The lowest BCUT2D eigenvalue weighted by Gasteiger charge is -2.34. The fraction of sp³-hybridized carbons (Fsp3) is 1.00. The van der Waals surface area contributed by atoms with Gasteiger partial charge < -0.3 is 10.2 Å². The largest absolute Gasteiger partial charge is 0.422 e. The van der Waals surface area contributed by atoms with Crippen molar-refractivity contribution in [2.24, 2.45) is 5.73 Å². The zero-order valence-electron chi connectivity index (χ0n) is 11.6. The number of rotatable bonds is 11. The molecule has 0 aromatic carbocycles. The zero-order chi connectivity index (χ0) is 12.3. The Kier molecular flexibility index (Phi) is 10.4. The Morgan fingerprint density at radius 2 is 1.44 bits per heavy atom. The van der Waals surface area contributed by atoms with Crippen LogP contribution in [0.25, 0.3) is 0 Å². The fourth-order valence-corrected chi connectivity index (χ4v) is 2.88. The molecule has 0 fully saturated rings. The van der Waals surface area contributed by atoms with Crippen LogP contribution in [-0.4, -0.2) is 22.6 Å². The standard InChI is InChI=1S/C13H31NOSi/c1-3-5-9-13(15-16,10-6-4-2)11-7-8-12-14/h3-12,14H2,1-2,16H3. The van der Waals surface area contributed by atoms with E-state index in [0.717, 1.165) is 23.5 Å². The lowest BCUT2D eigenvalue weighted by Crippen LogP contribution is -2.32. The summed E-state index contributed by atoms with van der Waals surface area (Å²) in [7, 11) is 0.867. The normalized spacial score (nSPS) is 12.2. The van der Waals surface area contributed by atoms with Gasteiger partial charge in [-0.1, -0.05) is 39.5 Å². The molecule has 0 aromatic heterocycles. The third kappa shape index (κ3) is 6.66. The van der Waals surface area contributed by atoms with Crippen LogP contribution < -0.4 is 5.73 Å². The van der Waals surface area contributed by atoms with E-state index in [-0.39, 0.29) is 5.60 Å². The van der Waals surface area contributed by atoms with Crippen LogP contribution in [0.3, 0.4) is 0 Å². The molecule has 2 nitrogen and oxygen atoms in total. The summed E-state index contributed by atoms with van der Waals surface area (Å²) in [5, 5.41) is 0. The number of unbranched alkanes of at least 4 members (excludes halogenated alkanes) is 3. The van der Waals surface area contributed by atoms with Gasteiger partial charge in [0.2, 0.25) is 0 Å². The molecular formula is C13H31NOSi. The second kappa shape index (κ2) is 10.3. The molecule has 16 heavy (non-hydrogen) atoms. The van der Waals surface area contributed by atoms with Crippen molar-refractivity contribution in [3.63, 3.8) is 0 Å². The molecule has 0 saturated heterocycles. The molecule has 0 saturated carbocycles. The predicted molar refractivity (Wildman–Crippen MR) is 75.7 cm³/mol. The molecule has 0 heterocycles. The quantitative estimate of drug-likeness (QED) is 0.448. The molecule has 98 valence electrons. The molecular weight excluding hydrogens is 214 g/mol. The highest BCUT2D eigenvalue weighted by Gasteiger charge is 2.26. The maximum atomic E-state index is 5.99. The van der Waals surface area contributed by atoms with Gasteiger partial charge in [0.25, 0.3) is 0 Å². The topological polar surface area (TPSA) is 35.2 Å². The van der Waals surface area contributed by atoms with E-state index < -0.39 is 0 Å². The van der Waals surface area contributed by atoms with E-state index in [1.807, 2.05) is 0 Å². The molecule has 0 atom stereocenters. The molecule has 2 N–H and O–H groups in total. The maximum absolute atomic E-state index is 5.99. The number of nitrogens with two attached hydrogens (primary N) is 1. The summed E-state index contributed by atoms with van der Waals surface area (Å²) in [4.78, 5) is 0. The highest BCUT2D eigenvalue weighted by Crippen LogP contribution is 2.30. The first kappa shape index (κ1) is 16.1. The minimum atomic E-state index is 0.202. The lowest BCUT2D eigenvalue weighted by atomic mass is 9.86. The Hall–Kier alpha value is 0.137. The van der Waals surface area contributed by atoms with Gasteiger partial charge in [-0.2, -0.15) is 0 Å². The van der Waals surface area contributed by atoms with E-state index in [4.69, 9.17) is 10.2 Å². The minimum Gasteiger partial charge on any atom is -0.422 e. The Balaban J connectivity index is 4.16. The molecule has 0 radical (unpaired) electrons. The van der Waals surface area contributed by atoms with Crippen molar-refractivity contribution in [3.05, 3.63) is 0 Å². The number of hydrogen-bond donors (Lipinski definition) is 1. The van der Waals surface area contributed by atoms with E-state index >= 15 is 0 Å². The first-order valence-corrected chi connectivity index (χ1v) is 7.81. The van der Waals surface area contributed by atoms with E-state index in [2.05, 4.69) is 13.8 Å². The van der Waals surface area contributed by atoms with Gasteiger partial charge in [0.1, 0.15) is 10.5 Å². The fourth-order valence-electron chi connectivity index (χ4n) is 2.27. The molecule has 0 amide bonds. The summed E-state index contributed by atoms with van der Waals surface area (Å²) < 4.78 is 5.99. The van der Waals surface area contributed by atoms with Crippen LogP contribution in [0.2, 0.25) is 0 Å². The second-order valence-corrected chi connectivity index (χ2v) is 5.25. The van der Waals surface area contributed by atoms with E-state index in [1.54, 1.807) is 0 Å². The van der Waals surface area contributed by atoms with Gasteiger partial charge in [0.05, 0.1) is 5.60 Å². The van der Waals surface area contributed by atoms with Crippen molar-refractivity contribution in [2.45, 2.75) is 77.2 Å². The summed E-state index contributed by atoms with van der Waals surface area (Å²) in [5.41, 5.74) is 5.77. The van der Waals surface area contributed by atoms with Crippen LogP contribution in [-0.2, 0) is 4.43 Å². The summed E-state index contributed by atoms with van der Waals surface area (Å²) in [5.74, 6) is 0. The predicted octanol–water partition coefficient (Wildman–Crippen LogP) is 2.53. The van der Waals surface area contributed by atoms with Crippen molar-refractivity contribution in [3.8, 4) is 0 Å². The molecule has 0 bridgehead atoms. The van der Waals surface area contributed by atoms with E-state index in [0.29, 0.717) is 0 Å². The smallest absolute Gasteiger partial charge is 0.146 e. The molecule has 0 spiro atoms. The highest BCUT2D eigenvalue weighted by atomic mass is 28.2. The average molecular weight is 245 g/mol. The van der Waals surface area contributed by atoms with Gasteiger partial charge in [0, 0.05) is 0 Å². The van der Waals surface area contributed by atoms with Crippen LogP contribution in [0, 0.1) is 0 Å². The van der Waals surface area contributed by atoms with E-state index in [1.165, 1.54) is 51.4 Å². The lowest BCUT2D eigenvalue weighted by molar-refractivity contribution is 0.0437. The van der Waals surface area contributed by atoms with E-state index in [9.17, 15) is 0 Å². The minimum absolute atomic E-state index is 0.202. The first-order chi connectivity index (χ1) is 7.74. The molecule has 0 aliphatic heterocycles. The van der Waals surface area contributed by atoms with Crippen molar-refractivity contribution >= 4 is 10.5 Å². The SMILES string of the molecule is CCCCC(CCCC)(CCCCN)O[SiH3]. The molecule has 0 aromatic rings. The van der Waals surface area contributed by atoms with Crippen LogP contribution in [0.1, 0.15) is 71.6 Å². The summed E-state index contributed by atoms with van der Waals surface area (Å²) in [6, 6.07) is 0. The van der Waals surface area contributed by atoms with Crippen molar-refractivity contribution < 1.29 is 4.43 Å². The molecule has 0 aliphatic carbocycles. The average Bonchev–Trinajstić information content (AvgIpc) is 2.32. The summed E-state index contributed by atoms with van der Waals surface area (Å²) >= 11 is 0. The second-order valence-electron chi connectivity index (χ2n) is 4.84. The van der Waals surface area contributed by atoms with Gasteiger partial charge in [-0.3, -0.25) is 0 Å². The van der Waals surface area contributed by atoms with Crippen LogP contribution >= 0.6 is 0 Å². The molecule has 0 unspecified atom stereocenters. The first-order valence-electron chi connectivity index (χ1n) is 7.00.